The number of nitrogens with two attached hydrogens (primary N) is 1. The Hall–Kier alpha value is -1.34. The maximum Gasteiger partial charge on any atom is 0.279 e. The minimum atomic E-state index is -0.591. The molecule has 0 aliphatic carbocycles. The highest BCUT2D eigenvalue weighted by atomic mass is 35.5. The van der Waals surface area contributed by atoms with Gasteiger partial charge < -0.3 is 11.1 Å². The number of carbonyl (C=O) groups excluding carboxylic acids is 1. The fourth-order valence-corrected chi connectivity index (χ4v) is 1.22. The summed E-state index contributed by atoms with van der Waals surface area (Å²) in [6.07, 6.45) is 1.67. The summed E-state index contributed by atoms with van der Waals surface area (Å²) in [6, 6.07) is 0. The number of nitrogen functional groups attached to an aromatic ring is 1. The molecule has 1 aromatic rings. The Kier molecular flexibility index (Phi) is 4.08. The SMILES string of the molecule is CSC(=N)NC(=O)c1nc(Cl)c(C)nc1N. The van der Waals surface area contributed by atoms with Crippen LogP contribution in [0, 0.1) is 12.3 Å². The third kappa shape index (κ3) is 2.83. The number of aryl methyl sites for hydroxylation is 1. The minimum absolute atomic E-state index is 0.00268. The highest BCUT2D eigenvalue weighted by molar-refractivity contribution is 8.13. The molecule has 1 amide bonds. The van der Waals surface area contributed by atoms with Gasteiger partial charge in [-0.1, -0.05) is 23.4 Å². The van der Waals surface area contributed by atoms with E-state index in [2.05, 4.69) is 15.3 Å². The topological polar surface area (TPSA) is 105 Å². The van der Waals surface area contributed by atoms with Crippen LogP contribution >= 0.6 is 23.4 Å². The second-order valence-electron chi connectivity index (χ2n) is 2.82. The molecular formula is C8H10ClN5OS. The Labute approximate surface area is 101 Å². The van der Waals surface area contributed by atoms with Gasteiger partial charge in [0.1, 0.15) is 0 Å². The smallest absolute Gasteiger partial charge is 0.279 e. The maximum absolute atomic E-state index is 11.6. The molecule has 16 heavy (non-hydrogen) atoms. The molecule has 0 aliphatic heterocycles. The van der Waals surface area contributed by atoms with E-state index in [1.165, 1.54) is 0 Å². The number of carbonyl (C=O) groups is 1. The summed E-state index contributed by atoms with van der Waals surface area (Å²) in [7, 11) is 0. The van der Waals surface area contributed by atoms with Gasteiger partial charge in [-0.2, -0.15) is 0 Å². The van der Waals surface area contributed by atoms with Gasteiger partial charge in [0.2, 0.25) is 0 Å². The molecule has 0 radical (unpaired) electrons. The van der Waals surface area contributed by atoms with Gasteiger partial charge in [0.05, 0.1) is 5.69 Å². The maximum atomic E-state index is 11.6. The van der Waals surface area contributed by atoms with Gasteiger partial charge in [-0.25, -0.2) is 9.97 Å². The Morgan fingerprint density at radius 1 is 1.56 bits per heavy atom. The third-order valence-electron chi connectivity index (χ3n) is 1.69. The Morgan fingerprint density at radius 2 is 2.19 bits per heavy atom. The van der Waals surface area contributed by atoms with Crippen molar-refractivity contribution in [1.29, 1.82) is 5.41 Å². The van der Waals surface area contributed by atoms with E-state index in [1.807, 2.05) is 0 Å². The van der Waals surface area contributed by atoms with E-state index in [0.717, 1.165) is 11.8 Å². The molecular weight excluding hydrogens is 250 g/mol. The van der Waals surface area contributed by atoms with Crippen molar-refractivity contribution in [2.75, 3.05) is 12.0 Å². The Morgan fingerprint density at radius 3 is 2.75 bits per heavy atom. The molecule has 0 aromatic carbocycles. The standard InChI is InChI=1S/C8H10ClN5OS/c1-3-5(9)13-4(6(10)12-3)7(15)14-8(11)16-2/h1-2H3,(H2,10,12)(H2,11,14,15). The monoisotopic (exact) mass is 259 g/mol. The molecule has 8 heteroatoms. The lowest BCUT2D eigenvalue weighted by Crippen LogP contribution is -2.29. The van der Waals surface area contributed by atoms with Crippen molar-refractivity contribution in [1.82, 2.24) is 15.3 Å². The molecule has 0 spiro atoms. The van der Waals surface area contributed by atoms with Crippen LogP contribution in [0.1, 0.15) is 16.2 Å². The zero-order valence-electron chi connectivity index (χ0n) is 8.67. The second kappa shape index (κ2) is 5.13. The molecule has 1 aromatic heterocycles. The summed E-state index contributed by atoms with van der Waals surface area (Å²) in [5.41, 5.74) is 5.92. The van der Waals surface area contributed by atoms with Crippen LogP contribution in [0.3, 0.4) is 0 Å². The molecule has 0 unspecified atom stereocenters. The number of thioether (sulfide) groups is 1. The number of rotatable bonds is 1. The number of anilines is 1. The zero-order chi connectivity index (χ0) is 12.3. The highest BCUT2D eigenvalue weighted by Gasteiger charge is 2.16. The van der Waals surface area contributed by atoms with E-state index >= 15 is 0 Å². The van der Waals surface area contributed by atoms with Crippen LogP contribution < -0.4 is 11.1 Å². The fraction of sp³-hybridized carbons (Fsp3) is 0.250. The Bertz CT molecular complexity index is 450. The van der Waals surface area contributed by atoms with Crippen LogP contribution in [0.2, 0.25) is 5.15 Å². The van der Waals surface area contributed by atoms with Crippen molar-refractivity contribution in [3.63, 3.8) is 0 Å². The molecule has 0 fully saturated rings. The lowest BCUT2D eigenvalue weighted by Gasteiger charge is -2.06. The van der Waals surface area contributed by atoms with Crippen LogP contribution in [0.4, 0.5) is 5.82 Å². The van der Waals surface area contributed by atoms with E-state index in [-0.39, 0.29) is 21.8 Å². The van der Waals surface area contributed by atoms with Crippen molar-refractivity contribution >= 4 is 40.3 Å². The largest absolute Gasteiger partial charge is 0.382 e. The highest BCUT2D eigenvalue weighted by Crippen LogP contribution is 2.14. The van der Waals surface area contributed by atoms with Crippen LogP contribution in [-0.2, 0) is 0 Å². The molecule has 1 rings (SSSR count). The van der Waals surface area contributed by atoms with Crippen molar-refractivity contribution in [3.8, 4) is 0 Å². The van der Waals surface area contributed by atoms with Gasteiger partial charge >= 0.3 is 0 Å². The lowest BCUT2D eigenvalue weighted by atomic mass is 10.3. The first-order valence-electron chi connectivity index (χ1n) is 4.19. The number of nitrogens with zero attached hydrogens (tertiary/aromatic N) is 2. The third-order valence-corrected chi connectivity index (χ3v) is 2.55. The minimum Gasteiger partial charge on any atom is -0.382 e. The molecule has 0 saturated carbocycles. The number of aromatic nitrogens is 2. The van der Waals surface area contributed by atoms with E-state index < -0.39 is 5.91 Å². The lowest BCUT2D eigenvalue weighted by molar-refractivity contribution is 0.0973. The van der Waals surface area contributed by atoms with Gasteiger partial charge in [0.15, 0.2) is 21.8 Å². The number of hydrogen-bond acceptors (Lipinski definition) is 6. The first kappa shape index (κ1) is 12.7. The van der Waals surface area contributed by atoms with Crippen molar-refractivity contribution in [2.24, 2.45) is 0 Å². The van der Waals surface area contributed by atoms with Crippen LogP contribution in [0.15, 0.2) is 0 Å². The van der Waals surface area contributed by atoms with Crippen molar-refractivity contribution in [3.05, 3.63) is 16.5 Å². The molecule has 6 nitrogen and oxygen atoms in total. The molecule has 4 N–H and O–H groups in total. The molecule has 0 saturated heterocycles. The van der Waals surface area contributed by atoms with E-state index in [0.29, 0.717) is 5.69 Å². The van der Waals surface area contributed by atoms with Crippen molar-refractivity contribution in [2.45, 2.75) is 6.92 Å². The summed E-state index contributed by atoms with van der Waals surface area (Å²) in [5, 5.41) is 9.72. The second-order valence-corrected chi connectivity index (χ2v) is 4.00. The molecule has 0 aliphatic rings. The van der Waals surface area contributed by atoms with E-state index in [4.69, 9.17) is 22.7 Å². The number of amides is 1. The average molecular weight is 260 g/mol. The van der Waals surface area contributed by atoms with E-state index in [1.54, 1.807) is 13.2 Å². The van der Waals surface area contributed by atoms with Gasteiger partial charge in [-0.3, -0.25) is 10.2 Å². The van der Waals surface area contributed by atoms with Crippen LogP contribution in [0.25, 0.3) is 0 Å². The Balaban J connectivity index is 3.00. The van der Waals surface area contributed by atoms with Gasteiger partial charge in [-0.15, -0.1) is 0 Å². The van der Waals surface area contributed by atoms with Gasteiger partial charge in [0.25, 0.3) is 5.91 Å². The summed E-state index contributed by atoms with van der Waals surface area (Å²) < 4.78 is 0. The molecule has 0 atom stereocenters. The molecule has 86 valence electrons. The summed E-state index contributed by atoms with van der Waals surface area (Å²) >= 11 is 6.82. The number of halogens is 1. The number of amidine groups is 1. The quantitative estimate of drug-likeness (QED) is 0.516. The summed E-state index contributed by atoms with van der Waals surface area (Å²) in [4.78, 5) is 19.3. The van der Waals surface area contributed by atoms with Gasteiger partial charge in [0, 0.05) is 0 Å². The molecule has 0 bridgehead atoms. The van der Waals surface area contributed by atoms with Crippen LogP contribution in [-0.4, -0.2) is 27.3 Å². The predicted octanol–water partition coefficient (Wildman–Crippen LogP) is 1.05. The summed E-state index contributed by atoms with van der Waals surface area (Å²) in [5.74, 6) is -0.598. The average Bonchev–Trinajstić information content (AvgIpc) is 2.23. The number of nitrogens with one attached hydrogen (secondary N) is 2. The van der Waals surface area contributed by atoms with E-state index in [9.17, 15) is 4.79 Å². The first-order chi connectivity index (χ1) is 7.45. The predicted molar refractivity (Wildman–Crippen MR) is 64.9 cm³/mol. The fourth-order valence-electron chi connectivity index (χ4n) is 0.897. The normalized spacial score (nSPS) is 9.94. The zero-order valence-corrected chi connectivity index (χ0v) is 10.2. The van der Waals surface area contributed by atoms with Gasteiger partial charge in [-0.05, 0) is 13.2 Å². The number of hydrogen-bond donors (Lipinski definition) is 3. The van der Waals surface area contributed by atoms with Crippen molar-refractivity contribution < 1.29 is 4.79 Å². The summed E-state index contributed by atoms with van der Waals surface area (Å²) in [6.45, 7) is 1.64. The first-order valence-corrected chi connectivity index (χ1v) is 5.79. The molecule has 1 heterocycles. The van der Waals surface area contributed by atoms with Crippen LogP contribution in [0.5, 0.6) is 0 Å².